The summed E-state index contributed by atoms with van der Waals surface area (Å²) in [5.74, 6) is 1.18. The van der Waals surface area contributed by atoms with E-state index in [1.807, 2.05) is 13.8 Å². The van der Waals surface area contributed by atoms with E-state index in [2.05, 4.69) is 9.97 Å². The molecule has 0 bridgehead atoms. The Balaban J connectivity index is 1.97. The average molecular weight is 446 g/mol. The first kappa shape index (κ1) is 23.2. The number of ether oxygens (including phenoxy) is 2. The molecule has 0 N–H and O–H groups in total. The molecular weight excluding hydrogens is 421 g/mol. The van der Waals surface area contributed by atoms with E-state index in [0.717, 1.165) is 6.20 Å². The number of rotatable bonds is 7. The molecule has 3 rings (SSSR count). The van der Waals surface area contributed by atoms with Gasteiger partial charge in [0.1, 0.15) is 17.1 Å². The van der Waals surface area contributed by atoms with Crippen LogP contribution in [-0.4, -0.2) is 37.3 Å². The highest BCUT2D eigenvalue weighted by Gasteiger charge is 2.37. The second-order valence-corrected chi connectivity index (χ2v) is 7.38. The molecule has 0 atom stereocenters. The van der Waals surface area contributed by atoms with E-state index < -0.39 is 11.7 Å². The second-order valence-electron chi connectivity index (χ2n) is 7.38. The summed E-state index contributed by atoms with van der Waals surface area (Å²) in [6.07, 6.45) is -3.76. The summed E-state index contributed by atoms with van der Waals surface area (Å²) >= 11 is 0. The quantitative estimate of drug-likeness (QED) is 0.455. The first-order valence-corrected chi connectivity index (χ1v) is 9.92. The number of aromatic nitrogens is 2. The molecule has 0 saturated carbocycles. The van der Waals surface area contributed by atoms with E-state index in [9.17, 15) is 13.2 Å². The number of alkyl halides is 3. The van der Waals surface area contributed by atoms with Gasteiger partial charge in [-0.1, -0.05) is 0 Å². The third kappa shape index (κ3) is 5.22. The Morgan fingerprint density at radius 2 is 1.38 bits per heavy atom. The van der Waals surface area contributed by atoms with E-state index in [4.69, 9.17) is 9.47 Å². The Labute approximate surface area is 185 Å². The standard InChI is InChI=1S/C23H25F3N4O2/c1-15(2)32-19-12-8-17(9-13-19)30(4)22-27-14-20(23(24,25)26)21(28-22)29(3)16-6-10-18(31-5)11-7-16/h6-15H,1-5H3. The molecule has 3 aromatic rings. The summed E-state index contributed by atoms with van der Waals surface area (Å²) in [5.41, 5.74) is 0.311. The minimum atomic E-state index is -4.61. The van der Waals surface area contributed by atoms with E-state index >= 15 is 0 Å². The highest BCUT2D eigenvalue weighted by Crippen LogP contribution is 2.38. The lowest BCUT2D eigenvalue weighted by atomic mass is 10.2. The maximum absolute atomic E-state index is 13.7. The van der Waals surface area contributed by atoms with Crippen LogP contribution in [0.25, 0.3) is 0 Å². The van der Waals surface area contributed by atoms with Crippen LogP contribution in [0.3, 0.4) is 0 Å². The number of anilines is 4. The Morgan fingerprint density at radius 1 is 0.844 bits per heavy atom. The van der Waals surface area contributed by atoms with Crippen LogP contribution in [0, 0.1) is 0 Å². The van der Waals surface area contributed by atoms with Gasteiger partial charge in [-0.2, -0.15) is 18.2 Å². The van der Waals surface area contributed by atoms with Gasteiger partial charge in [0.25, 0.3) is 0 Å². The summed E-state index contributed by atoms with van der Waals surface area (Å²) in [6, 6.07) is 13.9. The van der Waals surface area contributed by atoms with E-state index in [-0.39, 0.29) is 17.9 Å². The minimum Gasteiger partial charge on any atom is -0.497 e. The van der Waals surface area contributed by atoms with Crippen molar-refractivity contribution in [3.8, 4) is 11.5 Å². The normalized spacial score (nSPS) is 11.4. The first-order chi connectivity index (χ1) is 15.1. The predicted molar refractivity (Wildman–Crippen MR) is 118 cm³/mol. The molecule has 0 amide bonds. The van der Waals surface area contributed by atoms with Crippen molar-refractivity contribution in [2.75, 3.05) is 31.0 Å². The fourth-order valence-electron chi connectivity index (χ4n) is 3.05. The SMILES string of the molecule is COc1ccc(N(C)c2nc(N(C)c3ccc(OC(C)C)cc3)ncc2C(F)(F)F)cc1. The summed E-state index contributed by atoms with van der Waals surface area (Å²) in [6.45, 7) is 3.86. The summed E-state index contributed by atoms with van der Waals surface area (Å²) < 4.78 is 51.8. The van der Waals surface area contributed by atoms with Crippen molar-refractivity contribution in [3.05, 3.63) is 60.3 Å². The lowest BCUT2D eigenvalue weighted by Crippen LogP contribution is -2.21. The van der Waals surface area contributed by atoms with Crippen molar-refractivity contribution in [1.82, 2.24) is 9.97 Å². The van der Waals surface area contributed by atoms with Crippen LogP contribution in [-0.2, 0) is 6.18 Å². The predicted octanol–water partition coefficient (Wildman–Crippen LogP) is 5.83. The van der Waals surface area contributed by atoms with Gasteiger partial charge < -0.3 is 19.3 Å². The van der Waals surface area contributed by atoms with Crippen molar-refractivity contribution in [3.63, 3.8) is 0 Å². The largest absolute Gasteiger partial charge is 0.497 e. The van der Waals surface area contributed by atoms with Gasteiger partial charge in [0.15, 0.2) is 5.82 Å². The van der Waals surface area contributed by atoms with Gasteiger partial charge in [0.2, 0.25) is 5.95 Å². The third-order valence-corrected chi connectivity index (χ3v) is 4.73. The van der Waals surface area contributed by atoms with Gasteiger partial charge in [-0.05, 0) is 62.4 Å². The fourth-order valence-corrected chi connectivity index (χ4v) is 3.05. The molecule has 0 radical (unpaired) electrons. The van der Waals surface area contributed by atoms with Gasteiger partial charge >= 0.3 is 6.18 Å². The zero-order chi connectivity index (χ0) is 23.5. The fraction of sp³-hybridized carbons (Fsp3) is 0.304. The molecule has 0 aliphatic heterocycles. The highest BCUT2D eigenvalue weighted by molar-refractivity contribution is 5.66. The molecule has 1 heterocycles. The summed E-state index contributed by atoms with van der Waals surface area (Å²) in [5, 5.41) is 0. The molecule has 0 fully saturated rings. The Bertz CT molecular complexity index is 1040. The summed E-state index contributed by atoms with van der Waals surface area (Å²) in [4.78, 5) is 11.2. The van der Waals surface area contributed by atoms with Crippen LogP contribution in [0.15, 0.2) is 54.7 Å². The van der Waals surface area contributed by atoms with Crippen LogP contribution < -0.4 is 19.3 Å². The Kier molecular flexibility index (Phi) is 6.76. The molecule has 0 aliphatic rings. The average Bonchev–Trinajstić information content (AvgIpc) is 2.77. The van der Waals surface area contributed by atoms with Crippen LogP contribution in [0.1, 0.15) is 19.4 Å². The molecule has 1 aromatic heterocycles. The zero-order valence-electron chi connectivity index (χ0n) is 18.5. The number of methoxy groups -OCH3 is 1. The van der Waals surface area contributed by atoms with Crippen LogP contribution in [0.4, 0.5) is 36.3 Å². The molecule has 170 valence electrons. The van der Waals surface area contributed by atoms with Crippen molar-refractivity contribution in [2.24, 2.45) is 0 Å². The lowest BCUT2D eigenvalue weighted by Gasteiger charge is -2.25. The molecule has 32 heavy (non-hydrogen) atoms. The highest BCUT2D eigenvalue weighted by atomic mass is 19.4. The van der Waals surface area contributed by atoms with Gasteiger partial charge in [0, 0.05) is 31.7 Å². The van der Waals surface area contributed by atoms with E-state index in [1.54, 1.807) is 60.5 Å². The van der Waals surface area contributed by atoms with Crippen molar-refractivity contribution < 1.29 is 22.6 Å². The molecular formula is C23H25F3N4O2. The minimum absolute atomic E-state index is 0.0351. The molecule has 2 aromatic carbocycles. The number of benzene rings is 2. The van der Waals surface area contributed by atoms with Crippen molar-refractivity contribution in [1.29, 1.82) is 0 Å². The van der Waals surface area contributed by atoms with Gasteiger partial charge in [-0.3, -0.25) is 0 Å². The molecule has 0 aliphatic carbocycles. The maximum atomic E-state index is 13.7. The maximum Gasteiger partial charge on any atom is 0.421 e. The van der Waals surface area contributed by atoms with Crippen molar-refractivity contribution >= 4 is 23.1 Å². The number of hydrogen-bond acceptors (Lipinski definition) is 6. The molecule has 9 heteroatoms. The van der Waals surface area contributed by atoms with Gasteiger partial charge in [-0.15, -0.1) is 0 Å². The smallest absolute Gasteiger partial charge is 0.421 e. The second kappa shape index (κ2) is 9.33. The zero-order valence-corrected chi connectivity index (χ0v) is 18.5. The number of halogens is 3. The number of hydrogen-bond donors (Lipinski definition) is 0. The van der Waals surface area contributed by atoms with Gasteiger partial charge in [0.05, 0.1) is 13.2 Å². The number of nitrogens with zero attached hydrogens (tertiary/aromatic N) is 4. The van der Waals surface area contributed by atoms with E-state index in [0.29, 0.717) is 22.9 Å². The third-order valence-electron chi connectivity index (χ3n) is 4.73. The topological polar surface area (TPSA) is 50.7 Å². The summed E-state index contributed by atoms with van der Waals surface area (Å²) in [7, 11) is 4.74. The Morgan fingerprint density at radius 3 is 1.88 bits per heavy atom. The lowest BCUT2D eigenvalue weighted by molar-refractivity contribution is -0.137. The molecule has 0 spiro atoms. The Hall–Kier alpha value is -3.49. The first-order valence-electron chi connectivity index (χ1n) is 9.92. The van der Waals surface area contributed by atoms with Crippen molar-refractivity contribution in [2.45, 2.75) is 26.1 Å². The van der Waals surface area contributed by atoms with Gasteiger partial charge in [-0.25, -0.2) is 4.98 Å². The molecule has 0 unspecified atom stereocenters. The van der Waals surface area contributed by atoms with Crippen LogP contribution in [0.2, 0.25) is 0 Å². The molecule has 0 saturated heterocycles. The van der Waals surface area contributed by atoms with E-state index in [1.165, 1.54) is 19.1 Å². The monoisotopic (exact) mass is 446 g/mol. The van der Waals surface area contributed by atoms with Crippen LogP contribution in [0.5, 0.6) is 11.5 Å². The van der Waals surface area contributed by atoms with Crippen LogP contribution >= 0.6 is 0 Å². The molecule has 6 nitrogen and oxygen atoms in total.